The standard InChI is InChI=1S/C17H20N2O3S2/c1-13-4-9-17(23-13)24(21,22)18-11-14-5-7-15(8-6-14)12-19-10-2-3-16(19)20/h4-9,18H,2-3,10-12H2,1H3. The molecule has 0 bridgehead atoms. The third kappa shape index (κ3) is 4.03. The smallest absolute Gasteiger partial charge is 0.250 e. The van der Waals surface area contributed by atoms with Gasteiger partial charge in [-0.3, -0.25) is 4.79 Å². The third-order valence-electron chi connectivity index (χ3n) is 4.01. The zero-order valence-electron chi connectivity index (χ0n) is 13.5. The van der Waals surface area contributed by atoms with Crippen molar-refractivity contribution in [1.29, 1.82) is 0 Å². The van der Waals surface area contributed by atoms with Gasteiger partial charge in [0.2, 0.25) is 15.9 Å². The fourth-order valence-corrected chi connectivity index (χ4v) is 5.01. The number of sulfonamides is 1. The van der Waals surface area contributed by atoms with E-state index in [0.717, 1.165) is 29.0 Å². The van der Waals surface area contributed by atoms with Gasteiger partial charge < -0.3 is 4.90 Å². The molecule has 128 valence electrons. The van der Waals surface area contributed by atoms with Crippen molar-refractivity contribution in [2.75, 3.05) is 6.54 Å². The molecule has 0 spiro atoms. The molecule has 7 heteroatoms. The minimum atomic E-state index is -3.46. The van der Waals surface area contributed by atoms with Gasteiger partial charge in [0.25, 0.3) is 0 Å². The Bertz CT molecular complexity index is 826. The molecule has 0 saturated carbocycles. The van der Waals surface area contributed by atoms with Crippen LogP contribution in [0.4, 0.5) is 0 Å². The SMILES string of the molecule is Cc1ccc(S(=O)(=O)NCc2ccc(CN3CCCC3=O)cc2)s1. The second kappa shape index (κ2) is 7.04. The quantitative estimate of drug-likeness (QED) is 0.857. The van der Waals surface area contributed by atoms with E-state index in [-0.39, 0.29) is 12.5 Å². The van der Waals surface area contributed by atoms with E-state index in [1.807, 2.05) is 36.1 Å². The molecule has 3 rings (SSSR count). The van der Waals surface area contributed by atoms with Crippen LogP contribution in [0.3, 0.4) is 0 Å². The highest BCUT2D eigenvalue weighted by molar-refractivity contribution is 7.91. The Hall–Kier alpha value is -1.70. The monoisotopic (exact) mass is 364 g/mol. The van der Waals surface area contributed by atoms with E-state index < -0.39 is 10.0 Å². The number of benzene rings is 1. The number of hydrogen-bond donors (Lipinski definition) is 1. The highest BCUT2D eigenvalue weighted by Gasteiger charge is 2.20. The number of thiophene rings is 1. The summed E-state index contributed by atoms with van der Waals surface area (Å²) in [4.78, 5) is 14.5. The van der Waals surface area contributed by atoms with Crippen molar-refractivity contribution in [2.45, 2.75) is 37.1 Å². The highest BCUT2D eigenvalue weighted by atomic mass is 32.2. The fourth-order valence-electron chi connectivity index (χ4n) is 2.66. The number of nitrogens with zero attached hydrogens (tertiary/aromatic N) is 1. The second-order valence-electron chi connectivity index (χ2n) is 5.92. The molecule has 0 radical (unpaired) electrons. The van der Waals surface area contributed by atoms with Crippen LogP contribution in [0.25, 0.3) is 0 Å². The molecule has 1 N–H and O–H groups in total. The van der Waals surface area contributed by atoms with E-state index in [4.69, 9.17) is 0 Å². The summed E-state index contributed by atoms with van der Waals surface area (Å²) in [5.74, 6) is 0.207. The molecule has 1 fully saturated rings. The van der Waals surface area contributed by atoms with Crippen molar-refractivity contribution in [1.82, 2.24) is 9.62 Å². The Morgan fingerprint density at radius 3 is 2.42 bits per heavy atom. The second-order valence-corrected chi connectivity index (χ2v) is 9.21. The van der Waals surface area contributed by atoms with Crippen LogP contribution in [0.2, 0.25) is 0 Å². The maximum atomic E-state index is 12.2. The number of carbonyl (C=O) groups is 1. The molecule has 1 aromatic carbocycles. The van der Waals surface area contributed by atoms with E-state index in [0.29, 0.717) is 17.2 Å². The molecule has 24 heavy (non-hydrogen) atoms. The molecule has 1 amide bonds. The van der Waals surface area contributed by atoms with E-state index in [2.05, 4.69) is 4.72 Å². The molecule has 0 atom stereocenters. The minimum absolute atomic E-state index is 0.207. The van der Waals surface area contributed by atoms with Gasteiger partial charge in [-0.15, -0.1) is 11.3 Å². The van der Waals surface area contributed by atoms with Crippen LogP contribution in [0.15, 0.2) is 40.6 Å². The van der Waals surface area contributed by atoms with Crippen molar-refractivity contribution in [3.63, 3.8) is 0 Å². The first kappa shape index (κ1) is 17.1. The molecule has 1 aliphatic heterocycles. The molecule has 2 aromatic rings. The summed E-state index contributed by atoms with van der Waals surface area (Å²) in [6.45, 7) is 3.58. The molecule has 5 nitrogen and oxygen atoms in total. The average molecular weight is 364 g/mol. The first-order valence-corrected chi connectivity index (χ1v) is 10.2. The number of likely N-dealkylation sites (tertiary alicyclic amines) is 1. The molecule has 2 heterocycles. The number of aryl methyl sites for hydroxylation is 1. The zero-order valence-corrected chi connectivity index (χ0v) is 15.1. The van der Waals surface area contributed by atoms with Crippen molar-refractivity contribution >= 4 is 27.3 Å². The molecule has 0 unspecified atom stereocenters. The molecule has 0 aliphatic carbocycles. The predicted octanol–water partition coefficient (Wildman–Crippen LogP) is 2.66. The Morgan fingerprint density at radius 1 is 1.12 bits per heavy atom. The lowest BCUT2D eigenvalue weighted by atomic mass is 10.1. The maximum absolute atomic E-state index is 12.2. The fraction of sp³-hybridized carbons (Fsp3) is 0.353. The minimum Gasteiger partial charge on any atom is -0.338 e. The van der Waals surface area contributed by atoms with Crippen LogP contribution in [0, 0.1) is 6.92 Å². The molecular formula is C17H20N2O3S2. The lowest BCUT2D eigenvalue weighted by Crippen LogP contribution is -2.24. The average Bonchev–Trinajstić information content (AvgIpc) is 3.16. The van der Waals surface area contributed by atoms with Gasteiger partial charge in [0, 0.05) is 30.9 Å². The van der Waals surface area contributed by atoms with Gasteiger partial charge in [-0.25, -0.2) is 13.1 Å². The first-order chi connectivity index (χ1) is 11.4. The van der Waals surface area contributed by atoms with Crippen molar-refractivity contribution in [3.8, 4) is 0 Å². The summed E-state index contributed by atoms with van der Waals surface area (Å²) in [6, 6.07) is 11.1. The van der Waals surface area contributed by atoms with Gasteiger partial charge >= 0.3 is 0 Å². The molecule has 1 aliphatic rings. The number of amides is 1. The normalized spacial score (nSPS) is 15.2. The number of hydrogen-bond acceptors (Lipinski definition) is 4. The summed E-state index contributed by atoms with van der Waals surface area (Å²) in [6.07, 6.45) is 1.57. The van der Waals surface area contributed by atoms with Gasteiger partial charge in [-0.1, -0.05) is 24.3 Å². The van der Waals surface area contributed by atoms with Crippen molar-refractivity contribution in [2.24, 2.45) is 0 Å². The van der Waals surface area contributed by atoms with Gasteiger partial charge in [0.15, 0.2) is 0 Å². The van der Waals surface area contributed by atoms with Gasteiger partial charge in [-0.05, 0) is 36.6 Å². The Labute approximate surface area is 146 Å². The third-order valence-corrected chi connectivity index (χ3v) is 6.91. The highest BCUT2D eigenvalue weighted by Crippen LogP contribution is 2.20. The lowest BCUT2D eigenvalue weighted by Gasteiger charge is -2.15. The van der Waals surface area contributed by atoms with E-state index in [1.54, 1.807) is 12.1 Å². The molecule has 1 saturated heterocycles. The lowest BCUT2D eigenvalue weighted by molar-refractivity contribution is -0.128. The number of rotatable bonds is 6. The van der Waals surface area contributed by atoms with Crippen molar-refractivity contribution in [3.05, 3.63) is 52.4 Å². The van der Waals surface area contributed by atoms with Crippen LogP contribution in [0.1, 0.15) is 28.8 Å². The predicted molar refractivity (Wildman–Crippen MR) is 94.2 cm³/mol. The van der Waals surface area contributed by atoms with Crippen LogP contribution < -0.4 is 4.72 Å². The Balaban J connectivity index is 1.59. The largest absolute Gasteiger partial charge is 0.338 e. The summed E-state index contributed by atoms with van der Waals surface area (Å²) in [5.41, 5.74) is 1.95. The Morgan fingerprint density at radius 2 is 1.83 bits per heavy atom. The van der Waals surface area contributed by atoms with Gasteiger partial charge in [0.1, 0.15) is 4.21 Å². The van der Waals surface area contributed by atoms with Crippen molar-refractivity contribution < 1.29 is 13.2 Å². The topological polar surface area (TPSA) is 66.5 Å². The van der Waals surface area contributed by atoms with Gasteiger partial charge in [0.05, 0.1) is 0 Å². The van der Waals surface area contributed by atoms with E-state index >= 15 is 0 Å². The first-order valence-electron chi connectivity index (χ1n) is 7.86. The van der Waals surface area contributed by atoms with Gasteiger partial charge in [-0.2, -0.15) is 0 Å². The maximum Gasteiger partial charge on any atom is 0.250 e. The van der Waals surface area contributed by atoms with E-state index in [9.17, 15) is 13.2 Å². The number of nitrogens with one attached hydrogen (secondary N) is 1. The molecule has 1 aromatic heterocycles. The van der Waals surface area contributed by atoms with Crippen LogP contribution in [0.5, 0.6) is 0 Å². The summed E-state index contributed by atoms with van der Waals surface area (Å²) in [7, 11) is -3.46. The summed E-state index contributed by atoms with van der Waals surface area (Å²) < 4.78 is 27.4. The van der Waals surface area contributed by atoms with E-state index in [1.165, 1.54) is 11.3 Å². The summed E-state index contributed by atoms with van der Waals surface area (Å²) >= 11 is 1.26. The van der Waals surface area contributed by atoms with Crippen LogP contribution >= 0.6 is 11.3 Å². The van der Waals surface area contributed by atoms with Crippen LogP contribution in [-0.4, -0.2) is 25.8 Å². The molecular weight excluding hydrogens is 344 g/mol. The van der Waals surface area contributed by atoms with Crippen LogP contribution in [-0.2, 0) is 27.9 Å². The Kier molecular flexibility index (Phi) is 5.03. The number of carbonyl (C=O) groups excluding carboxylic acids is 1. The zero-order chi connectivity index (χ0) is 17.2. The summed E-state index contributed by atoms with van der Waals surface area (Å²) in [5, 5.41) is 0.